The van der Waals surface area contributed by atoms with Crippen molar-refractivity contribution in [2.24, 2.45) is 0 Å². The maximum absolute atomic E-state index is 4.02. The summed E-state index contributed by atoms with van der Waals surface area (Å²) in [6.45, 7) is 8.36. The molecule has 10 rings (SSSR count). The lowest BCUT2D eigenvalue weighted by Crippen LogP contribution is -2.11. The van der Waals surface area contributed by atoms with Gasteiger partial charge in [-0.1, -0.05) is 146 Å². The minimum Gasteiger partial charge on any atom is -0.310 e. The minimum atomic E-state index is 1.09. The third-order valence-corrected chi connectivity index (χ3v) is 11.4. The fourth-order valence-corrected chi connectivity index (χ4v) is 8.63. The number of benzene rings is 10. The number of hydrogen-bond acceptors (Lipinski definition) is 2. The number of aryl methyl sites for hydroxylation is 2. The fraction of sp³-hybridized carbons (Fsp3) is 0.0370. The monoisotopic (exact) mass is 716 g/mol. The fourth-order valence-electron chi connectivity index (χ4n) is 8.63. The molecule has 0 aromatic heterocycles. The highest BCUT2D eigenvalue weighted by atomic mass is 15.1. The molecule has 0 unspecified atom stereocenters. The van der Waals surface area contributed by atoms with Crippen molar-refractivity contribution in [2.75, 3.05) is 9.80 Å². The molecule has 0 radical (unpaired) electrons. The van der Waals surface area contributed by atoms with Gasteiger partial charge in [0.25, 0.3) is 0 Å². The van der Waals surface area contributed by atoms with E-state index in [4.69, 9.17) is 0 Å². The summed E-state index contributed by atoms with van der Waals surface area (Å²) in [7, 11) is 0. The highest BCUT2D eigenvalue weighted by Crippen LogP contribution is 2.49. The largest absolute Gasteiger partial charge is 0.310 e. The van der Waals surface area contributed by atoms with Gasteiger partial charge < -0.3 is 9.80 Å². The van der Waals surface area contributed by atoms with Crippen LogP contribution in [0.2, 0.25) is 0 Å². The molecule has 0 aliphatic carbocycles. The Balaban J connectivity index is 1.22. The minimum absolute atomic E-state index is 1.09. The Morgan fingerprint density at radius 1 is 0.393 bits per heavy atom. The zero-order valence-corrected chi connectivity index (χ0v) is 31.6. The zero-order chi connectivity index (χ0) is 37.8. The predicted molar refractivity (Wildman–Crippen MR) is 242 cm³/mol. The second-order valence-electron chi connectivity index (χ2n) is 14.7. The predicted octanol–water partition coefficient (Wildman–Crippen LogP) is 15.6. The van der Waals surface area contributed by atoms with E-state index in [-0.39, 0.29) is 0 Å². The van der Waals surface area contributed by atoms with E-state index >= 15 is 0 Å². The van der Waals surface area contributed by atoms with Gasteiger partial charge in [-0.2, -0.15) is 0 Å². The second kappa shape index (κ2) is 13.6. The summed E-state index contributed by atoms with van der Waals surface area (Å²) in [4.78, 5) is 4.81. The Labute approximate surface area is 328 Å². The second-order valence-corrected chi connectivity index (χ2v) is 14.7. The summed E-state index contributed by atoms with van der Waals surface area (Å²) in [5, 5.41) is 10.0. The average molecular weight is 717 g/mol. The van der Waals surface area contributed by atoms with Gasteiger partial charge in [-0.25, -0.2) is 0 Å². The summed E-state index contributed by atoms with van der Waals surface area (Å²) in [6.07, 6.45) is 1.90. The summed E-state index contributed by atoms with van der Waals surface area (Å²) in [5.41, 5.74) is 12.8. The maximum Gasteiger partial charge on any atom is 0.0540 e. The molecule has 266 valence electrons. The van der Waals surface area contributed by atoms with E-state index in [0.717, 1.165) is 39.7 Å². The highest BCUT2D eigenvalue weighted by molar-refractivity contribution is 6.35. The third-order valence-electron chi connectivity index (χ3n) is 11.4. The summed E-state index contributed by atoms with van der Waals surface area (Å²) < 4.78 is 0. The van der Waals surface area contributed by atoms with Crippen molar-refractivity contribution in [1.29, 1.82) is 0 Å². The van der Waals surface area contributed by atoms with Gasteiger partial charge in [0.2, 0.25) is 0 Å². The first-order valence-corrected chi connectivity index (χ1v) is 19.3. The van der Waals surface area contributed by atoms with E-state index in [0.29, 0.717) is 0 Å². The van der Waals surface area contributed by atoms with Crippen LogP contribution in [0.4, 0.5) is 34.1 Å². The van der Waals surface area contributed by atoms with E-state index in [9.17, 15) is 0 Å². The molecule has 0 N–H and O–H groups in total. The quantitative estimate of drug-likeness (QED) is 0.114. The van der Waals surface area contributed by atoms with Gasteiger partial charge >= 0.3 is 0 Å². The lowest BCUT2D eigenvalue weighted by Gasteiger charge is -2.29. The van der Waals surface area contributed by atoms with Crippen molar-refractivity contribution in [2.45, 2.75) is 13.8 Å². The Hall–Kier alpha value is -7.16. The van der Waals surface area contributed by atoms with Crippen LogP contribution in [-0.2, 0) is 0 Å². The van der Waals surface area contributed by atoms with Crippen LogP contribution in [0.25, 0.3) is 60.3 Å². The van der Waals surface area contributed by atoms with Crippen LogP contribution in [0.1, 0.15) is 16.7 Å². The first-order chi connectivity index (χ1) is 27.6. The molecule has 10 aromatic rings. The van der Waals surface area contributed by atoms with Crippen LogP contribution < -0.4 is 9.80 Å². The van der Waals surface area contributed by atoms with Crippen molar-refractivity contribution >= 4 is 83.3 Å². The van der Waals surface area contributed by atoms with Gasteiger partial charge in [0.05, 0.1) is 11.4 Å². The smallest absolute Gasteiger partial charge is 0.0540 e. The van der Waals surface area contributed by atoms with Crippen molar-refractivity contribution in [3.8, 4) is 11.1 Å². The molecule has 0 saturated heterocycles. The molecule has 10 aromatic carbocycles. The van der Waals surface area contributed by atoms with E-state index < -0.39 is 0 Å². The Bertz CT molecular complexity index is 3020. The van der Waals surface area contributed by atoms with Gasteiger partial charge in [0.15, 0.2) is 0 Å². The van der Waals surface area contributed by atoms with E-state index in [2.05, 4.69) is 218 Å². The summed E-state index contributed by atoms with van der Waals surface area (Å²) in [5.74, 6) is 0. The first kappa shape index (κ1) is 33.4. The van der Waals surface area contributed by atoms with Gasteiger partial charge in [0, 0.05) is 33.5 Å². The molecule has 56 heavy (non-hydrogen) atoms. The zero-order valence-electron chi connectivity index (χ0n) is 31.6. The standard InChI is InChI=1S/C54H40N2/c1-4-38-24-29-42(30-25-38)56(43-28-23-37(3)50(35-43)39-13-7-5-8-14-39)52-34-32-47-44-17-11-19-48-51(33-31-46(53(44)48)45-18-12-20-49(52)54(45)47)55(40-15-9-6-10-16-40)41-26-21-36(2)22-27-41/h4-35H,1H2,2-3H3. The number of fused-ring (bicyclic) bond motifs is 2. The normalized spacial score (nSPS) is 11.5. The molecule has 2 heteroatoms. The van der Waals surface area contributed by atoms with Crippen LogP contribution in [0.3, 0.4) is 0 Å². The van der Waals surface area contributed by atoms with Gasteiger partial charge in [-0.05, 0) is 129 Å². The molecule has 0 bridgehead atoms. The molecule has 2 nitrogen and oxygen atoms in total. The van der Waals surface area contributed by atoms with E-state index in [1.54, 1.807) is 0 Å². The van der Waals surface area contributed by atoms with Crippen LogP contribution in [0.15, 0.2) is 195 Å². The topological polar surface area (TPSA) is 6.48 Å². The van der Waals surface area contributed by atoms with Gasteiger partial charge in [0.1, 0.15) is 0 Å². The van der Waals surface area contributed by atoms with Crippen LogP contribution >= 0.6 is 0 Å². The summed E-state index contributed by atoms with van der Waals surface area (Å²) >= 11 is 0. The van der Waals surface area contributed by atoms with Gasteiger partial charge in [-0.15, -0.1) is 0 Å². The highest BCUT2D eigenvalue weighted by Gasteiger charge is 2.23. The van der Waals surface area contributed by atoms with Crippen LogP contribution in [0, 0.1) is 13.8 Å². The lowest BCUT2D eigenvalue weighted by molar-refractivity contribution is 1.29. The maximum atomic E-state index is 4.02. The summed E-state index contributed by atoms with van der Waals surface area (Å²) in [6, 6.07) is 68.8. The molecular formula is C54H40N2. The first-order valence-electron chi connectivity index (χ1n) is 19.3. The molecule has 0 aliphatic heterocycles. The number of nitrogens with zero attached hydrogens (tertiary/aromatic N) is 2. The van der Waals surface area contributed by atoms with Crippen molar-refractivity contribution in [3.05, 3.63) is 211 Å². The Kier molecular flexibility index (Phi) is 8.12. The molecule has 0 aliphatic rings. The van der Waals surface area contributed by atoms with E-state index in [1.165, 1.54) is 65.3 Å². The molecule has 0 fully saturated rings. The molecule has 0 saturated carbocycles. The molecular weight excluding hydrogens is 677 g/mol. The van der Waals surface area contributed by atoms with Crippen LogP contribution in [0.5, 0.6) is 0 Å². The van der Waals surface area contributed by atoms with Crippen molar-refractivity contribution < 1.29 is 0 Å². The number of para-hydroxylation sites is 1. The number of anilines is 6. The molecule has 0 heterocycles. The van der Waals surface area contributed by atoms with Crippen LogP contribution in [-0.4, -0.2) is 0 Å². The van der Waals surface area contributed by atoms with Gasteiger partial charge in [-0.3, -0.25) is 0 Å². The van der Waals surface area contributed by atoms with Crippen molar-refractivity contribution in [3.63, 3.8) is 0 Å². The molecule has 0 atom stereocenters. The number of hydrogen-bond donors (Lipinski definition) is 0. The van der Waals surface area contributed by atoms with E-state index in [1.807, 2.05) is 6.08 Å². The Morgan fingerprint density at radius 2 is 0.857 bits per heavy atom. The molecule has 0 spiro atoms. The lowest BCUT2D eigenvalue weighted by atomic mass is 9.88. The third kappa shape index (κ3) is 5.49. The Morgan fingerprint density at radius 3 is 1.43 bits per heavy atom. The SMILES string of the molecule is C=Cc1ccc(N(c2ccc(C)c(-c3ccccc3)c2)c2ccc3c4cccc5c(N(c6ccccc6)c6ccc(C)cc6)ccc(c6cccc2c63)c54)cc1. The average Bonchev–Trinajstić information content (AvgIpc) is 3.25. The van der Waals surface area contributed by atoms with Crippen molar-refractivity contribution in [1.82, 2.24) is 0 Å². The number of rotatable bonds is 8. The molecule has 0 amide bonds.